The Hall–Kier alpha value is -2.08. The van der Waals surface area contributed by atoms with Gasteiger partial charge in [0, 0.05) is 11.1 Å². The lowest BCUT2D eigenvalue weighted by atomic mass is 9.87. The van der Waals surface area contributed by atoms with E-state index in [-0.39, 0.29) is 18.5 Å². The molecule has 27 heavy (non-hydrogen) atoms. The summed E-state index contributed by atoms with van der Waals surface area (Å²) in [5.41, 5.74) is -0.482. The van der Waals surface area contributed by atoms with Crippen molar-refractivity contribution in [2.45, 2.75) is 63.5 Å². The molecule has 0 bridgehead atoms. The minimum atomic E-state index is -1.15. The highest BCUT2D eigenvalue weighted by Crippen LogP contribution is 2.33. The topological polar surface area (TPSA) is 78.5 Å². The van der Waals surface area contributed by atoms with Crippen LogP contribution >= 0.6 is 11.6 Å². The second-order valence-corrected chi connectivity index (χ2v) is 7.78. The van der Waals surface area contributed by atoms with Gasteiger partial charge in [-0.1, -0.05) is 56.3 Å². The third-order valence-corrected chi connectivity index (χ3v) is 5.82. The average Bonchev–Trinajstić information content (AvgIpc) is 2.83. The molecule has 0 radical (unpaired) electrons. The number of urea groups is 1. The minimum absolute atomic E-state index is 0.132. The molecule has 2 N–H and O–H groups in total. The average molecular weight is 392 g/mol. The second-order valence-electron chi connectivity index (χ2n) is 7.34. The Balaban J connectivity index is 1.71. The Kier molecular flexibility index (Phi) is 6.05. The van der Waals surface area contributed by atoms with Gasteiger partial charge in [0.2, 0.25) is 5.91 Å². The maximum absolute atomic E-state index is 13.1. The molecule has 0 aromatic heterocycles. The van der Waals surface area contributed by atoms with Crippen LogP contribution in [-0.4, -0.2) is 35.3 Å². The number of halogens is 1. The molecule has 1 aliphatic heterocycles. The Morgan fingerprint density at radius 3 is 2.41 bits per heavy atom. The van der Waals surface area contributed by atoms with Crippen LogP contribution < -0.4 is 10.6 Å². The van der Waals surface area contributed by atoms with Crippen LogP contribution in [0.3, 0.4) is 0 Å². The zero-order chi connectivity index (χ0) is 19.4. The summed E-state index contributed by atoms with van der Waals surface area (Å²) in [5.74, 6) is -0.679. The highest BCUT2D eigenvalue weighted by molar-refractivity contribution is 6.30. The maximum Gasteiger partial charge on any atom is 0.325 e. The standard InChI is InChI=1S/C20H26ClN3O3/c1-2-20(14-9-11-15(21)12-10-14)18(26)24(19(27)23-20)13-17(25)22-16-7-5-3-4-6-8-16/h9-12,16H,2-8,13H2,1H3,(H,22,25)(H,23,27). The van der Waals surface area contributed by atoms with Crippen molar-refractivity contribution in [2.24, 2.45) is 0 Å². The van der Waals surface area contributed by atoms with E-state index in [1.807, 2.05) is 6.92 Å². The molecule has 1 saturated heterocycles. The normalized spacial score (nSPS) is 23.9. The number of carbonyl (C=O) groups is 3. The van der Waals surface area contributed by atoms with Gasteiger partial charge < -0.3 is 10.6 Å². The van der Waals surface area contributed by atoms with Gasteiger partial charge >= 0.3 is 6.03 Å². The van der Waals surface area contributed by atoms with Crippen LogP contribution in [0.1, 0.15) is 57.4 Å². The number of nitrogens with zero attached hydrogens (tertiary/aromatic N) is 1. The van der Waals surface area contributed by atoms with Crippen LogP contribution in [-0.2, 0) is 15.1 Å². The molecule has 2 aliphatic rings. The molecule has 7 heteroatoms. The summed E-state index contributed by atoms with van der Waals surface area (Å²) < 4.78 is 0. The maximum atomic E-state index is 13.1. The molecule has 1 unspecified atom stereocenters. The lowest BCUT2D eigenvalue weighted by molar-refractivity contribution is -0.135. The van der Waals surface area contributed by atoms with Crippen molar-refractivity contribution < 1.29 is 14.4 Å². The molecule has 1 aromatic rings. The van der Waals surface area contributed by atoms with Gasteiger partial charge in [-0.15, -0.1) is 0 Å². The van der Waals surface area contributed by atoms with Gasteiger partial charge in [-0.25, -0.2) is 4.79 Å². The fourth-order valence-corrected chi connectivity index (χ4v) is 4.11. The number of carbonyl (C=O) groups excluding carboxylic acids is 3. The van der Waals surface area contributed by atoms with E-state index < -0.39 is 17.5 Å². The molecule has 1 atom stereocenters. The first kappa shape index (κ1) is 19.7. The fourth-order valence-electron chi connectivity index (χ4n) is 3.98. The van der Waals surface area contributed by atoms with Crippen molar-refractivity contribution in [2.75, 3.05) is 6.54 Å². The van der Waals surface area contributed by atoms with Crippen molar-refractivity contribution in [3.8, 4) is 0 Å². The van der Waals surface area contributed by atoms with Crippen molar-refractivity contribution in [1.82, 2.24) is 15.5 Å². The predicted octanol–water partition coefficient (Wildman–Crippen LogP) is 3.34. The number of rotatable bonds is 5. The van der Waals surface area contributed by atoms with Crippen LogP contribution in [0.4, 0.5) is 4.79 Å². The molecule has 1 aliphatic carbocycles. The van der Waals surface area contributed by atoms with Crippen molar-refractivity contribution in [3.05, 3.63) is 34.9 Å². The lowest BCUT2D eigenvalue weighted by Gasteiger charge is -2.26. The van der Waals surface area contributed by atoms with E-state index in [4.69, 9.17) is 11.6 Å². The van der Waals surface area contributed by atoms with E-state index in [0.717, 1.165) is 30.6 Å². The highest BCUT2D eigenvalue weighted by Gasteiger charge is 2.51. The van der Waals surface area contributed by atoms with E-state index in [9.17, 15) is 14.4 Å². The van der Waals surface area contributed by atoms with Gasteiger partial charge in [0.15, 0.2) is 0 Å². The quantitative estimate of drug-likeness (QED) is 0.596. The Morgan fingerprint density at radius 1 is 1.19 bits per heavy atom. The summed E-state index contributed by atoms with van der Waals surface area (Å²) in [6.45, 7) is 1.58. The van der Waals surface area contributed by atoms with Crippen molar-refractivity contribution in [1.29, 1.82) is 0 Å². The van der Waals surface area contributed by atoms with Crippen LogP contribution in [0.2, 0.25) is 5.02 Å². The first-order chi connectivity index (χ1) is 13.0. The number of imide groups is 1. The van der Waals surface area contributed by atoms with Crippen LogP contribution in [0.15, 0.2) is 24.3 Å². The molecule has 6 nitrogen and oxygen atoms in total. The summed E-state index contributed by atoms with van der Waals surface area (Å²) in [7, 11) is 0. The zero-order valence-corrected chi connectivity index (χ0v) is 16.3. The molecular formula is C20H26ClN3O3. The van der Waals surface area contributed by atoms with E-state index in [1.54, 1.807) is 24.3 Å². The third kappa shape index (κ3) is 4.10. The summed E-state index contributed by atoms with van der Waals surface area (Å²) in [6.07, 6.45) is 6.89. The summed E-state index contributed by atoms with van der Waals surface area (Å²) >= 11 is 5.94. The number of nitrogens with one attached hydrogen (secondary N) is 2. The molecule has 4 amide bonds. The zero-order valence-electron chi connectivity index (χ0n) is 15.6. The van der Waals surface area contributed by atoms with Gasteiger partial charge in [-0.3, -0.25) is 14.5 Å². The Morgan fingerprint density at radius 2 is 1.81 bits per heavy atom. The third-order valence-electron chi connectivity index (χ3n) is 5.57. The number of benzene rings is 1. The summed E-state index contributed by atoms with van der Waals surface area (Å²) in [5, 5.41) is 6.33. The number of hydrogen-bond acceptors (Lipinski definition) is 3. The molecule has 1 saturated carbocycles. The van der Waals surface area contributed by atoms with E-state index in [0.29, 0.717) is 17.0 Å². The molecule has 0 spiro atoms. The van der Waals surface area contributed by atoms with Crippen LogP contribution in [0.25, 0.3) is 0 Å². The lowest BCUT2D eigenvalue weighted by Crippen LogP contribution is -2.46. The number of amides is 4. The second kappa shape index (κ2) is 8.30. The van der Waals surface area contributed by atoms with Gasteiger partial charge in [0.1, 0.15) is 12.1 Å². The van der Waals surface area contributed by atoms with Gasteiger partial charge in [-0.2, -0.15) is 0 Å². The van der Waals surface area contributed by atoms with Crippen molar-refractivity contribution in [3.63, 3.8) is 0 Å². The number of hydrogen-bond donors (Lipinski definition) is 2. The minimum Gasteiger partial charge on any atom is -0.352 e. The summed E-state index contributed by atoms with van der Waals surface area (Å²) in [4.78, 5) is 39.0. The van der Waals surface area contributed by atoms with Gasteiger partial charge in [0.05, 0.1) is 0 Å². The molecule has 1 heterocycles. The summed E-state index contributed by atoms with van der Waals surface area (Å²) in [6, 6.07) is 6.45. The SMILES string of the molecule is CCC1(c2ccc(Cl)cc2)NC(=O)N(CC(=O)NC2CCCCCC2)C1=O. The first-order valence-corrected chi connectivity index (χ1v) is 10.0. The Labute approximate surface area is 164 Å². The Bertz CT molecular complexity index is 714. The highest BCUT2D eigenvalue weighted by atomic mass is 35.5. The monoisotopic (exact) mass is 391 g/mol. The first-order valence-electron chi connectivity index (χ1n) is 9.66. The van der Waals surface area contributed by atoms with Crippen LogP contribution in [0.5, 0.6) is 0 Å². The largest absolute Gasteiger partial charge is 0.352 e. The van der Waals surface area contributed by atoms with E-state index in [2.05, 4.69) is 10.6 Å². The fraction of sp³-hybridized carbons (Fsp3) is 0.550. The van der Waals surface area contributed by atoms with E-state index in [1.165, 1.54) is 12.8 Å². The molecule has 146 valence electrons. The van der Waals surface area contributed by atoms with Gasteiger partial charge in [-0.05, 0) is 37.0 Å². The molecular weight excluding hydrogens is 366 g/mol. The van der Waals surface area contributed by atoms with Gasteiger partial charge in [0.25, 0.3) is 5.91 Å². The molecule has 1 aromatic carbocycles. The smallest absolute Gasteiger partial charge is 0.325 e. The molecule has 3 rings (SSSR count). The van der Waals surface area contributed by atoms with Crippen LogP contribution in [0, 0.1) is 0 Å². The predicted molar refractivity (Wildman–Crippen MR) is 103 cm³/mol. The van der Waals surface area contributed by atoms with Crippen molar-refractivity contribution >= 4 is 29.4 Å². The molecule has 2 fully saturated rings. The van der Waals surface area contributed by atoms with E-state index >= 15 is 0 Å².